The average molecular weight is 407 g/mol. The number of hydrogen-bond acceptors (Lipinski definition) is 5. The summed E-state index contributed by atoms with van der Waals surface area (Å²) in [5.74, 6) is 0.820. The molecule has 0 radical (unpaired) electrons. The molecule has 7 nitrogen and oxygen atoms in total. The molecule has 1 aliphatic heterocycles. The standard InChI is InChI=1S/C23H30N6O/c1-2-16-10-11-20-17(14-16)15-19(23(30)24-20)21(28-12-6-3-7-13-28)22-25-26-27-29(22)18-8-4-5-9-18/h10-11,14-15,18,21H,2-9,12-13H2,1H3,(H,24,30)/t21-/m1/s1. The third kappa shape index (κ3) is 3.55. The summed E-state index contributed by atoms with van der Waals surface area (Å²) < 4.78 is 2.01. The number of rotatable bonds is 5. The molecule has 3 heterocycles. The highest BCUT2D eigenvalue weighted by Crippen LogP contribution is 2.34. The number of nitrogens with zero attached hydrogens (tertiary/aromatic N) is 5. The lowest BCUT2D eigenvalue weighted by Gasteiger charge is -2.34. The van der Waals surface area contributed by atoms with Crippen molar-refractivity contribution < 1.29 is 0 Å². The molecule has 7 heteroatoms. The summed E-state index contributed by atoms with van der Waals surface area (Å²) >= 11 is 0. The van der Waals surface area contributed by atoms with Crippen LogP contribution in [0.15, 0.2) is 29.1 Å². The number of nitrogens with one attached hydrogen (secondary N) is 1. The number of H-pyrrole nitrogens is 1. The van der Waals surface area contributed by atoms with Gasteiger partial charge in [0.15, 0.2) is 5.82 Å². The van der Waals surface area contributed by atoms with Gasteiger partial charge in [-0.25, -0.2) is 4.68 Å². The molecule has 3 aromatic rings. The molecular weight excluding hydrogens is 376 g/mol. The number of likely N-dealkylation sites (tertiary alicyclic amines) is 1. The van der Waals surface area contributed by atoms with Crippen LogP contribution in [0.2, 0.25) is 0 Å². The number of aryl methyl sites for hydroxylation is 1. The maximum Gasteiger partial charge on any atom is 0.253 e. The van der Waals surface area contributed by atoms with E-state index in [1.807, 2.05) is 10.7 Å². The molecule has 0 spiro atoms. The Balaban J connectivity index is 1.65. The average Bonchev–Trinajstić information content (AvgIpc) is 3.47. The number of pyridine rings is 1. The SMILES string of the molecule is CCc1ccc2[nH]c(=O)c([C@H](c3nnnn3C3CCCC3)N3CCCCC3)cc2c1. The zero-order valence-electron chi connectivity index (χ0n) is 17.7. The Morgan fingerprint density at radius 1 is 1.10 bits per heavy atom. The van der Waals surface area contributed by atoms with Crippen LogP contribution >= 0.6 is 0 Å². The van der Waals surface area contributed by atoms with Gasteiger partial charge in [-0.1, -0.05) is 32.3 Å². The third-order valence-corrected chi connectivity index (χ3v) is 6.83. The summed E-state index contributed by atoms with van der Waals surface area (Å²) in [6.07, 6.45) is 9.16. The topological polar surface area (TPSA) is 79.7 Å². The number of aromatic amines is 1. The molecule has 1 saturated heterocycles. The van der Waals surface area contributed by atoms with Crippen molar-refractivity contribution in [3.63, 3.8) is 0 Å². The van der Waals surface area contributed by atoms with Gasteiger partial charge < -0.3 is 4.98 Å². The fraction of sp³-hybridized carbons (Fsp3) is 0.565. The van der Waals surface area contributed by atoms with Crippen LogP contribution in [0, 0.1) is 0 Å². The second-order valence-electron chi connectivity index (χ2n) is 8.75. The summed E-state index contributed by atoms with van der Waals surface area (Å²) in [5, 5.41) is 14.0. The zero-order valence-corrected chi connectivity index (χ0v) is 17.7. The van der Waals surface area contributed by atoms with Crippen molar-refractivity contribution in [3.05, 3.63) is 51.6 Å². The van der Waals surface area contributed by atoms with E-state index in [0.717, 1.165) is 67.5 Å². The Morgan fingerprint density at radius 2 is 1.90 bits per heavy atom. The fourth-order valence-electron chi connectivity index (χ4n) is 5.16. The number of fused-ring (bicyclic) bond motifs is 1. The van der Waals surface area contributed by atoms with Gasteiger partial charge in [0.05, 0.1) is 6.04 Å². The molecule has 1 saturated carbocycles. The Labute approximate surface area is 176 Å². The predicted octanol–water partition coefficient (Wildman–Crippen LogP) is 3.77. The largest absolute Gasteiger partial charge is 0.322 e. The number of hydrogen-bond donors (Lipinski definition) is 1. The Hall–Kier alpha value is -2.54. The molecule has 158 valence electrons. The molecule has 2 aliphatic rings. The lowest BCUT2D eigenvalue weighted by Crippen LogP contribution is -2.38. The number of tetrazole rings is 1. The molecule has 1 atom stereocenters. The minimum atomic E-state index is -0.209. The quantitative estimate of drug-likeness (QED) is 0.698. The minimum absolute atomic E-state index is 0.0386. The van der Waals surface area contributed by atoms with Crippen molar-refractivity contribution >= 4 is 10.9 Å². The first-order chi connectivity index (χ1) is 14.7. The second kappa shape index (κ2) is 8.30. The van der Waals surface area contributed by atoms with Gasteiger partial charge in [-0.3, -0.25) is 9.69 Å². The molecule has 30 heavy (non-hydrogen) atoms. The van der Waals surface area contributed by atoms with Crippen molar-refractivity contribution in [1.82, 2.24) is 30.1 Å². The van der Waals surface area contributed by atoms with E-state index in [1.165, 1.54) is 24.8 Å². The normalized spacial score (nSPS) is 19.5. The molecule has 0 unspecified atom stereocenters. The van der Waals surface area contributed by atoms with E-state index in [2.05, 4.69) is 50.5 Å². The lowest BCUT2D eigenvalue weighted by molar-refractivity contribution is 0.174. The van der Waals surface area contributed by atoms with Crippen LogP contribution < -0.4 is 5.56 Å². The number of aromatic nitrogens is 5. The first-order valence-electron chi connectivity index (χ1n) is 11.4. The van der Waals surface area contributed by atoms with Gasteiger partial charge in [-0.15, -0.1) is 5.10 Å². The van der Waals surface area contributed by atoms with Gasteiger partial charge in [-0.05, 0) is 84.8 Å². The van der Waals surface area contributed by atoms with Gasteiger partial charge in [0, 0.05) is 11.1 Å². The van der Waals surface area contributed by atoms with Gasteiger partial charge in [0.25, 0.3) is 5.56 Å². The fourth-order valence-corrected chi connectivity index (χ4v) is 5.16. The van der Waals surface area contributed by atoms with Crippen LogP contribution in [-0.2, 0) is 6.42 Å². The van der Waals surface area contributed by atoms with Crippen LogP contribution in [0.3, 0.4) is 0 Å². The summed E-state index contributed by atoms with van der Waals surface area (Å²) in [5.41, 5.74) is 2.87. The van der Waals surface area contributed by atoms with Crippen molar-refractivity contribution in [3.8, 4) is 0 Å². The van der Waals surface area contributed by atoms with Crippen LogP contribution in [0.5, 0.6) is 0 Å². The summed E-state index contributed by atoms with van der Waals surface area (Å²) in [6.45, 7) is 4.09. The molecule has 0 bridgehead atoms. The van der Waals surface area contributed by atoms with E-state index >= 15 is 0 Å². The summed E-state index contributed by atoms with van der Waals surface area (Å²) in [6, 6.07) is 8.48. The van der Waals surface area contributed by atoms with Crippen LogP contribution in [0.4, 0.5) is 0 Å². The third-order valence-electron chi connectivity index (χ3n) is 6.83. The molecule has 1 N–H and O–H groups in total. The zero-order chi connectivity index (χ0) is 20.5. The molecule has 0 amide bonds. The highest BCUT2D eigenvalue weighted by Gasteiger charge is 2.33. The first-order valence-corrected chi connectivity index (χ1v) is 11.4. The van der Waals surface area contributed by atoms with Crippen molar-refractivity contribution in [1.29, 1.82) is 0 Å². The number of benzene rings is 1. The van der Waals surface area contributed by atoms with Gasteiger partial charge in [0.1, 0.15) is 6.04 Å². The number of piperidine rings is 1. The monoisotopic (exact) mass is 406 g/mol. The molecule has 2 fully saturated rings. The maximum atomic E-state index is 13.2. The highest BCUT2D eigenvalue weighted by atomic mass is 16.1. The van der Waals surface area contributed by atoms with Crippen LogP contribution in [0.25, 0.3) is 10.9 Å². The Kier molecular flexibility index (Phi) is 5.37. The second-order valence-corrected chi connectivity index (χ2v) is 8.75. The van der Waals surface area contributed by atoms with E-state index in [-0.39, 0.29) is 11.6 Å². The Bertz CT molecular complexity index is 1070. The molecule has 2 aromatic heterocycles. The smallest absolute Gasteiger partial charge is 0.253 e. The van der Waals surface area contributed by atoms with E-state index in [1.54, 1.807) is 0 Å². The minimum Gasteiger partial charge on any atom is -0.322 e. The highest BCUT2D eigenvalue weighted by molar-refractivity contribution is 5.80. The van der Waals surface area contributed by atoms with Crippen molar-refractivity contribution in [2.45, 2.75) is 70.4 Å². The molecule has 1 aliphatic carbocycles. The van der Waals surface area contributed by atoms with Crippen molar-refractivity contribution in [2.24, 2.45) is 0 Å². The molecule has 5 rings (SSSR count). The maximum absolute atomic E-state index is 13.2. The lowest BCUT2D eigenvalue weighted by atomic mass is 9.99. The molecular formula is C23H30N6O. The van der Waals surface area contributed by atoms with Crippen LogP contribution in [-0.4, -0.2) is 43.2 Å². The van der Waals surface area contributed by atoms with Crippen LogP contribution in [0.1, 0.15) is 80.9 Å². The van der Waals surface area contributed by atoms with E-state index < -0.39 is 0 Å². The van der Waals surface area contributed by atoms with E-state index in [4.69, 9.17) is 0 Å². The van der Waals surface area contributed by atoms with E-state index in [9.17, 15) is 4.79 Å². The molecule has 1 aromatic carbocycles. The van der Waals surface area contributed by atoms with Gasteiger partial charge in [0.2, 0.25) is 0 Å². The van der Waals surface area contributed by atoms with Crippen molar-refractivity contribution in [2.75, 3.05) is 13.1 Å². The first kappa shape index (κ1) is 19.4. The summed E-state index contributed by atoms with van der Waals surface area (Å²) in [4.78, 5) is 18.8. The summed E-state index contributed by atoms with van der Waals surface area (Å²) in [7, 11) is 0. The Morgan fingerprint density at radius 3 is 2.67 bits per heavy atom. The van der Waals surface area contributed by atoms with Gasteiger partial charge in [-0.2, -0.15) is 0 Å². The van der Waals surface area contributed by atoms with E-state index in [0.29, 0.717) is 6.04 Å². The predicted molar refractivity (Wildman–Crippen MR) is 117 cm³/mol. The van der Waals surface area contributed by atoms with Gasteiger partial charge >= 0.3 is 0 Å².